The molecule has 0 spiro atoms. The second-order valence-corrected chi connectivity index (χ2v) is 2.73. The van der Waals surface area contributed by atoms with Crippen molar-refractivity contribution >= 4 is 0 Å². The van der Waals surface area contributed by atoms with E-state index in [1.807, 2.05) is 6.92 Å². The van der Waals surface area contributed by atoms with Crippen LogP contribution in [0.15, 0.2) is 18.6 Å². The van der Waals surface area contributed by atoms with Crippen molar-refractivity contribution in [3.63, 3.8) is 0 Å². The molecule has 0 aliphatic carbocycles. The molecule has 2 N–H and O–H groups in total. The summed E-state index contributed by atoms with van der Waals surface area (Å²) in [5.74, 6) is 0. The second-order valence-electron chi connectivity index (χ2n) is 2.73. The lowest BCUT2D eigenvalue weighted by Gasteiger charge is -2.25. The molecule has 1 heterocycles. The van der Waals surface area contributed by atoms with Crippen LogP contribution in [0.25, 0.3) is 0 Å². The van der Waals surface area contributed by atoms with E-state index in [-0.39, 0.29) is 0 Å². The summed E-state index contributed by atoms with van der Waals surface area (Å²) in [6.07, 6.45) is 3.16. The molecule has 1 aromatic heterocycles. The Labute approximate surface area is 71.8 Å². The van der Waals surface area contributed by atoms with Gasteiger partial charge >= 0.3 is 0 Å². The van der Waals surface area contributed by atoms with E-state index >= 15 is 0 Å². The number of hydrogen-bond donors (Lipinski definition) is 1. The van der Waals surface area contributed by atoms with Crippen molar-refractivity contribution in [3.05, 3.63) is 24.3 Å². The Balaban J connectivity index is 2.95. The minimum Gasteiger partial charge on any atom is -0.371 e. The topological polar surface area (TPSA) is 61.0 Å². The first kappa shape index (κ1) is 9.09. The van der Waals surface area contributed by atoms with Gasteiger partial charge in [-0.1, -0.05) is 0 Å². The van der Waals surface area contributed by atoms with Crippen LogP contribution in [0.5, 0.6) is 0 Å². The van der Waals surface area contributed by atoms with Gasteiger partial charge in [0, 0.05) is 19.9 Å². The summed E-state index contributed by atoms with van der Waals surface area (Å²) in [6.45, 7) is 2.30. The van der Waals surface area contributed by atoms with Gasteiger partial charge in [-0.05, 0) is 13.0 Å². The fourth-order valence-electron chi connectivity index (χ4n) is 0.896. The van der Waals surface area contributed by atoms with Gasteiger partial charge in [0.05, 0.1) is 5.69 Å². The van der Waals surface area contributed by atoms with Gasteiger partial charge in [0.15, 0.2) is 0 Å². The maximum atomic E-state index is 5.56. The largest absolute Gasteiger partial charge is 0.371 e. The fraction of sp³-hybridized carbons (Fsp3) is 0.500. The Morgan fingerprint density at radius 2 is 2.42 bits per heavy atom. The van der Waals surface area contributed by atoms with E-state index in [2.05, 4.69) is 9.97 Å². The third-order valence-electron chi connectivity index (χ3n) is 1.96. The zero-order valence-corrected chi connectivity index (χ0v) is 7.32. The molecular formula is C8H13N3O. The van der Waals surface area contributed by atoms with Crippen LogP contribution in [0.2, 0.25) is 0 Å². The first-order valence-electron chi connectivity index (χ1n) is 3.74. The highest BCUT2D eigenvalue weighted by Crippen LogP contribution is 2.19. The highest BCUT2D eigenvalue weighted by atomic mass is 16.5. The number of rotatable bonds is 3. The molecule has 1 rings (SSSR count). The molecule has 0 aliphatic heterocycles. The van der Waals surface area contributed by atoms with E-state index in [0.29, 0.717) is 6.54 Å². The molecule has 66 valence electrons. The molecule has 4 heteroatoms. The van der Waals surface area contributed by atoms with E-state index in [1.165, 1.54) is 6.33 Å². The number of nitrogens with two attached hydrogens (primary N) is 1. The number of ether oxygens (including phenoxy) is 1. The van der Waals surface area contributed by atoms with E-state index in [9.17, 15) is 0 Å². The zero-order chi connectivity index (χ0) is 9.03. The Bertz CT molecular complexity index is 233. The monoisotopic (exact) mass is 167 g/mol. The standard InChI is InChI=1S/C8H13N3O/c1-8(5-9,12-2)7-3-4-10-6-11-7/h3-4,6H,5,9H2,1-2H3. The number of hydrogen-bond acceptors (Lipinski definition) is 4. The van der Waals surface area contributed by atoms with Crippen LogP contribution in [-0.2, 0) is 10.3 Å². The molecule has 0 radical (unpaired) electrons. The second kappa shape index (κ2) is 3.60. The number of methoxy groups -OCH3 is 1. The van der Waals surface area contributed by atoms with Crippen LogP contribution in [-0.4, -0.2) is 23.6 Å². The van der Waals surface area contributed by atoms with Crippen LogP contribution in [0.4, 0.5) is 0 Å². The normalized spacial score (nSPS) is 15.6. The Morgan fingerprint density at radius 3 is 2.83 bits per heavy atom. The molecule has 4 nitrogen and oxygen atoms in total. The van der Waals surface area contributed by atoms with E-state index in [0.717, 1.165) is 5.69 Å². The van der Waals surface area contributed by atoms with Gasteiger partial charge in [-0.25, -0.2) is 9.97 Å². The molecule has 0 saturated heterocycles. The molecule has 0 amide bonds. The molecule has 0 saturated carbocycles. The first-order valence-corrected chi connectivity index (χ1v) is 3.74. The van der Waals surface area contributed by atoms with Crippen LogP contribution in [0.3, 0.4) is 0 Å². The SMILES string of the molecule is COC(C)(CN)c1ccncn1. The predicted molar refractivity (Wildman–Crippen MR) is 45.4 cm³/mol. The highest BCUT2D eigenvalue weighted by Gasteiger charge is 2.25. The fourth-order valence-corrected chi connectivity index (χ4v) is 0.896. The summed E-state index contributed by atoms with van der Waals surface area (Å²) < 4.78 is 5.26. The maximum absolute atomic E-state index is 5.56. The minimum atomic E-state index is -0.497. The summed E-state index contributed by atoms with van der Waals surface area (Å²) in [7, 11) is 1.62. The van der Waals surface area contributed by atoms with Crippen molar-refractivity contribution in [2.75, 3.05) is 13.7 Å². The highest BCUT2D eigenvalue weighted by molar-refractivity contribution is 5.09. The van der Waals surface area contributed by atoms with Crippen LogP contribution in [0, 0.1) is 0 Å². The van der Waals surface area contributed by atoms with Gasteiger partial charge in [-0.15, -0.1) is 0 Å². The van der Waals surface area contributed by atoms with Crippen molar-refractivity contribution in [1.82, 2.24) is 9.97 Å². The summed E-state index contributed by atoms with van der Waals surface area (Å²) in [5, 5.41) is 0. The van der Waals surface area contributed by atoms with E-state index < -0.39 is 5.60 Å². The molecule has 1 atom stereocenters. The third kappa shape index (κ3) is 1.60. The molecule has 1 aromatic rings. The minimum absolute atomic E-state index is 0.403. The molecule has 12 heavy (non-hydrogen) atoms. The number of aromatic nitrogens is 2. The lowest BCUT2D eigenvalue weighted by atomic mass is 10.0. The van der Waals surface area contributed by atoms with Gasteiger partial charge in [-0.3, -0.25) is 0 Å². The smallest absolute Gasteiger partial charge is 0.119 e. The summed E-state index contributed by atoms with van der Waals surface area (Å²) in [4.78, 5) is 7.90. The average molecular weight is 167 g/mol. The van der Waals surface area contributed by atoms with Crippen LogP contribution in [0.1, 0.15) is 12.6 Å². The molecule has 0 fully saturated rings. The summed E-state index contributed by atoms with van der Waals surface area (Å²) in [6, 6.07) is 1.80. The molecule has 0 aliphatic rings. The third-order valence-corrected chi connectivity index (χ3v) is 1.96. The first-order chi connectivity index (χ1) is 5.73. The Hall–Kier alpha value is -1.00. The molecule has 0 bridgehead atoms. The summed E-state index contributed by atoms with van der Waals surface area (Å²) >= 11 is 0. The quantitative estimate of drug-likeness (QED) is 0.703. The van der Waals surface area contributed by atoms with Gasteiger partial charge < -0.3 is 10.5 Å². The number of nitrogens with zero attached hydrogens (tertiary/aromatic N) is 2. The lowest BCUT2D eigenvalue weighted by Crippen LogP contribution is -2.34. The van der Waals surface area contributed by atoms with Crippen molar-refractivity contribution < 1.29 is 4.74 Å². The zero-order valence-electron chi connectivity index (χ0n) is 7.32. The van der Waals surface area contributed by atoms with Crippen molar-refractivity contribution in [2.24, 2.45) is 5.73 Å². The van der Waals surface area contributed by atoms with Gasteiger partial charge in [-0.2, -0.15) is 0 Å². The van der Waals surface area contributed by atoms with Crippen molar-refractivity contribution in [3.8, 4) is 0 Å². The van der Waals surface area contributed by atoms with Crippen LogP contribution >= 0.6 is 0 Å². The summed E-state index contributed by atoms with van der Waals surface area (Å²) in [5.41, 5.74) is 5.87. The Kier molecular flexibility index (Phi) is 2.73. The van der Waals surface area contributed by atoms with Crippen molar-refractivity contribution in [1.29, 1.82) is 0 Å². The van der Waals surface area contributed by atoms with Gasteiger partial charge in [0.25, 0.3) is 0 Å². The van der Waals surface area contributed by atoms with E-state index in [4.69, 9.17) is 10.5 Å². The van der Waals surface area contributed by atoms with Gasteiger partial charge in [0.2, 0.25) is 0 Å². The van der Waals surface area contributed by atoms with Crippen molar-refractivity contribution in [2.45, 2.75) is 12.5 Å². The Morgan fingerprint density at radius 1 is 1.67 bits per heavy atom. The van der Waals surface area contributed by atoms with Crippen LogP contribution < -0.4 is 5.73 Å². The molecular weight excluding hydrogens is 154 g/mol. The van der Waals surface area contributed by atoms with E-state index in [1.54, 1.807) is 19.4 Å². The molecule has 0 aromatic carbocycles. The lowest BCUT2D eigenvalue weighted by molar-refractivity contribution is 0.00629. The maximum Gasteiger partial charge on any atom is 0.119 e. The van der Waals surface area contributed by atoms with Gasteiger partial charge in [0.1, 0.15) is 11.9 Å². The predicted octanol–water partition coefficient (Wildman–Crippen LogP) is 0.297. The average Bonchev–Trinajstić information content (AvgIpc) is 2.18. The molecule has 1 unspecified atom stereocenters.